The molecule has 3 aromatic rings. The molecule has 0 fully saturated rings. The van der Waals surface area contributed by atoms with Gasteiger partial charge in [-0.05, 0) is 35.7 Å². The largest absolute Gasteiger partial charge is 0.356 e. The molecule has 0 radical (unpaired) electrons. The summed E-state index contributed by atoms with van der Waals surface area (Å²) in [6, 6.07) is 13.8. The Morgan fingerprint density at radius 2 is 1.90 bits per heavy atom. The van der Waals surface area contributed by atoms with Gasteiger partial charge in [0.1, 0.15) is 5.82 Å². The molecule has 3 N–H and O–H groups in total. The van der Waals surface area contributed by atoms with E-state index in [2.05, 4.69) is 43.2 Å². The fourth-order valence-corrected chi connectivity index (χ4v) is 2.89. The van der Waals surface area contributed by atoms with Crippen LogP contribution in [0.3, 0.4) is 0 Å². The third kappa shape index (κ3) is 8.00. The van der Waals surface area contributed by atoms with Gasteiger partial charge in [-0.1, -0.05) is 30.3 Å². The molecule has 0 atom stereocenters. The third-order valence-electron chi connectivity index (χ3n) is 4.50. The second-order valence-corrected chi connectivity index (χ2v) is 6.84. The monoisotopic (exact) mass is 533 g/mol. The lowest BCUT2D eigenvalue weighted by Gasteiger charge is -2.14. The first-order chi connectivity index (χ1) is 14.6. The van der Waals surface area contributed by atoms with Crippen molar-refractivity contribution in [1.82, 2.24) is 25.4 Å². The molecule has 0 unspecified atom stereocenters. The van der Waals surface area contributed by atoms with Crippen LogP contribution in [0, 0.1) is 6.92 Å². The van der Waals surface area contributed by atoms with Gasteiger partial charge in [0.05, 0.1) is 6.54 Å². The number of pyridine rings is 1. The summed E-state index contributed by atoms with van der Waals surface area (Å²) in [5.74, 6) is 1.10. The SMILES string of the molecule is CN=C(NCCC(=O)Nc1ccc(C)cn1)NCc1ccccc1Cn1cccn1.I. The number of anilines is 1. The summed E-state index contributed by atoms with van der Waals surface area (Å²) < 4.78 is 1.90. The zero-order valence-corrected chi connectivity index (χ0v) is 20.0. The maximum Gasteiger partial charge on any atom is 0.227 e. The van der Waals surface area contributed by atoms with E-state index in [-0.39, 0.29) is 29.9 Å². The molecule has 8 nitrogen and oxygen atoms in total. The number of nitrogens with one attached hydrogen (secondary N) is 3. The number of rotatable bonds is 8. The fourth-order valence-electron chi connectivity index (χ4n) is 2.89. The lowest BCUT2D eigenvalue weighted by Crippen LogP contribution is -2.38. The molecular formula is C22H28IN7O. The van der Waals surface area contributed by atoms with Crippen LogP contribution in [0.2, 0.25) is 0 Å². The molecule has 0 aliphatic carbocycles. The van der Waals surface area contributed by atoms with E-state index in [0.717, 1.165) is 5.56 Å². The zero-order valence-electron chi connectivity index (χ0n) is 17.7. The van der Waals surface area contributed by atoms with Crippen LogP contribution in [0.5, 0.6) is 0 Å². The first-order valence-corrected chi connectivity index (χ1v) is 9.85. The van der Waals surface area contributed by atoms with Gasteiger partial charge >= 0.3 is 0 Å². The van der Waals surface area contributed by atoms with E-state index in [1.54, 1.807) is 25.5 Å². The van der Waals surface area contributed by atoms with E-state index < -0.39 is 0 Å². The third-order valence-corrected chi connectivity index (χ3v) is 4.50. The number of amides is 1. The number of halogens is 1. The molecule has 0 aliphatic rings. The summed E-state index contributed by atoms with van der Waals surface area (Å²) in [5.41, 5.74) is 3.41. The number of guanidine groups is 1. The predicted octanol–water partition coefficient (Wildman–Crippen LogP) is 2.95. The van der Waals surface area contributed by atoms with E-state index in [1.807, 2.05) is 42.1 Å². The van der Waals surface area contributed by atoms with Crippen LogP contribution in [0.15, 0.2) is 66.0 Å². The smallest absolute Gasteiger partial charge is 0.227 e. The number of nitrogens with zero attached hydrogens (tertiary/aromatic N) is 4. The summed E-state index contributed by atoms with van der Waals surface area (Å²) >= 11 is 0. The predicted molar refractivity (Wildman–Crippen MR) is 134 cm³/mol. The maximum absolute atomic E-state index is 12.1. The van der Waals surface area contributed by atoms with Crippen LogP contribution < -0.4 is 16.0 Å². The number of carbonyl (C=O) groups is 1. The van der Waals surface area contributed by atoms with Gasteiger partial charge in [-0.2, -0.15) is 5.10 Å². The number of hydrogen-bond donors (Lipinski definition) is 3. The Labute approximate surface area is 199 Å². The minimum atomic E-state index is -0.0983. The van der Waals surface area contributed by atoms with Crippen molar-refractivity contribution in [3.05, 3.63) is 77.7 Å². The Morgan fingerprint density at radius 3 is 2.58 bits per heavy atom. The molecule has 0 saturated heterocycles. The van der Waals surface area contributed by atoms with Crippen LogP contribution in [-0.4, -0.2) is 40.2 Å². The zero-order chi connectivity index (χ0) is 21.2. The first kappa shape index (κ1) is 24.3. The number of hydrogen-bond acceptors (Lipinski definition) is 4. The molecule has 0 spiro atoms. The van der Waals surface area contributed by atoms with E-state index >= 15 is 0 Å². The minimum absolute atomic E-state index is 0. The Balaban J connectivity index is 0.00000341. The summed E-state index contributed by atoms with van der Waals surface area (Å²) in [6.07, 6.45) is 5.76. The van der Waals surface area contributed by atoms with Crippen molar-refractivity contribution in [2.45, 2.75) is 26.4 Å². The van der Waals surface area contributed by atoms with Gasteiger partial charge in [0.25, 0.3) is 0 Å². The minimum Gasteiger partial charge on any atom is -0.356 e. The van der Waals surface area contributed by atoms with Crippen molar-refractivity contribution < 1.29 is 4.79 Å². The summed E-state index contributed by atoms with van der Waals surface area (Å²) in [5, 5.41) is 13.5. The quantitative estimate of drug-likeness (QED) is 0.235. The van der Waals surface area contributed by atoms with Crippen LogP contribution >= 0.6 is 24.0 Å². The Bertz CT molecular complexity index is 972. The molecule has 2 aromatic heterocycles. The molecule has 9 heteroatoms. The highest BCUT2D eigenvalue weighted by atomic mass is 127. The van der Waals surface area contributed by atoms with Crippen molar-refractivity contribution in [3.63, 3.8) is 0 Å². The van der Waals surface area contributed by atoms with Gasteiger partial charge in [0.2, 0.25) is 5.91 Å². The Hall–Kier alpha value is -2.95. The highest BCUT2D eigenvalue weighted by molar-refractivity contribution is 14.0. The van der Waals surface area contributed by atoms with Crippen molar-refractivity contribution in [3.8, 4) is 0 Å². The van der Waals surface area contributed by atoms with Gasteiger partial charge < -0.3 is 16.0 Å². The topological polar surface area (TPSA) is 96.2 Å². The number of carbonyl (C=O) groups excluding carboxylic acids is 1. The van der Waals surface area contributed by atoms with Gasteiger partial charge in [-0.25, -0.2) is 4.98 Å². The first-order valence-electron chi connectivity index (χ1n) is 9.85. The number of aromatic nitrogens is 3. The number of aryl methyl sites for hydroxylation is 1. The molecule has 1 aromatic carbocycles. The average molecular weight is 533 g/mol. The van der Waals surface area contributed by atoms with E-state index in [4.69, 9.17) is 0 Å². The number of benzene rings is 1. The highest BCUT2D eigenvalue weighted by Gasteiger charge is 2.06. The molecule has 31 heavy (non-hydrogen) atoms. The second-order valence-electron chi connectivity index (χ2n) is 6.84. The van der Waals surface area contributed by atoms with Crippen LogP contribution in [0.4, 0.5) is 5.82 Å². The molecule has 3 rings (SSSR count). The molecular weight excluding hydrogens is 505 g/mol. The Morgan fingerprint density at radius 1 is 1.10 bits per heavy atom. The Kier molecular flexibility index (Phi) is 9.95. The highest BCUT2D eigenvalue weighted by Crippen LogP contribution is 2.10. The van der Waals surface area contributed by atoms with Crippen molar-refractivity contribution in [2.24, 2.45) is 4.99 Å². The summed E-state index contributed by atoms with van der Waals surface area (Å²) in [6.45, 7) is 3.75. The molecule has 164 valence electrons. The molecule has 0 bridgehead atoms. The van der Waals surface area contributed by atoms with E-state index in [1.165, 1.54) is 11.1 Å². The average Bonchev–Trinajstić information content (AvgIpc) is 3.26. The van der Waals surface area contributed by atoms with Crippen molar-refractivity contribution in [2.75, 3.05) is 18.9 Å². The van der Waals surface area contributed by atoms with Gasteiger partial charge in [0, 0.05) is 45.1 Å². The van der Waals surface area contributed by atoms with Crippen LogP contribution in [0.25, 0.3) is 0 Å². The lowest BCUT2D eigenvalue weighted by atomic mass is 10.1. The molecule has 0 aliphatic heterocycles. The summed E-state index contributed by atoms with van der Waals surface area (Å²) in [7, 11) is 1.71. The molecule has 1 amide bonds. The van der Waals surface area contributed by atoms with E-state index in [0.29, 0.717) is 37.8 Å². The fraction of sp³-hybridized carbons (Fsp3) is 0.273. The molecule has 2 heterocycles. The van der Waals surface area contributed by atoms with Crippen LogP contribution in [0.1, 0.15) is 23.1 Å². The van der Waals surface area contributed by atoms with Crippen molar-refractivity contribution in [1.29, 1.82) is 0 Å². The number of aliphatic imine (C=N–C) groups is 1. The van der Waals surface area contributed by atoms with Crippen LogP contribution in [-0.2, 0) is 17.9 Å². The standard InChI is InChI=1S/C22H27N7O.HI/c1-17-8-9-20(25-14-17)28-21(30)10-12-24-22(23-2)26-15-18-6-3-4-7-19(18)16-29-13-5-11-27-29;/h3-9,11,13-14H,10,12,15-16H2,1-2H3,(H2,23,24,26)(H,25,28,30);1H. The van der Waals surface area contributed by atoms with E-state index in [9.17, 15) is 4.79 Å². The molecule has 0 saturated carbocycles. The van der Waals surface area contributed by atoms with Gasteiger partial charge in [0.15, 0.2) is 5.96 Å². The van der Waals surface area contributed by atoms with Gasteiger partial charge in [-0.15, -0.1) is 24.0 Å². The summed E-state index contributed by atoms with van der Waals surface area (Å²) in [4.78, 5) is 20.5. The second kappa shape index (κ2) is 12.7. The lowest BCUT2D eigenvalue weighted by molar-refractivity contribution is -0.116. The normalized spacial score (nSPS) is 10.8. The maximum atomic E-state index is 12.1. The van der Waals surface area contributed by atoms with Crippen molar-refractivity contribution >= 4 is 41.7 Å². The van der Waals surface area contributed by atoms with Gasteiger partial charge in [-0.3, -0.25) is 14.5 Å².